The van der Waals surface area contributed by atoms with Gasteiger partial charge in [-0.2, -0.15) is 0 Å². The highest BCUT2D eigenvalue weighted by atomic mass is 16.2. The molecule has 3 amide bonds. The summed E-state index contributed by atoms with van der Waals surface area (Å²) in [5.41, 5.74) is 7.54. The molecule has 0 aliphatic carbocycles. The number of anilines is 1. The predicted molar refractivity (Wildman–Crippen MR) is 94.2 cm³/mol. The monoisotopic (exact) mass is 333 g/mol. The third-order valence-corrected chi connectivity index (χ3v) is 3.58. The zero-order chi connectivity index (χ0) is 17.9. The van der Waals surface area contributed by atoms with E-state index in [1.165, 1.54) is 0 Å². The molecule has 0 spiro atoms. The zero-order valence-electron chi connectivity index (χ0n) is 14.7. The maximum absolute atomic E-state index is 11.9. The van der Waals surface area contributed by atoms with Crippen LogP contribution in [-0.2, 0) is 14.4 Å². The van der Waals surface area contributed by atoms with E-state index in [9.17, 15) is 14.4 Å². The van der Waals surface area contributed by atoms with Crippen molar-refractivity contribution in [1.29, 1.82) is 0 Å². The molecule has 0 saturated heterocycles. The molecule has 0 aliphatic heterocycles. The average molecular weight is 333 g/mol. The second-order valence-corrected chi connectivity index (χ2v) is 5.92. The van der Waals surface area contributed by atoms with Crippen LogP contribution in [0.5, 0.6) is 0 Å². The third-order valence-electron chi connectivity index (χ3n) is 3.58. The molecule has 132 valence electrons. The highest BCUT2D eigenvalue weighted by molar-refractivity contribution is 5.94. The predicted octanol–water partition coefficient (Wildman–Crippen LogP) is 2.75. The van der Waals surface area contributed by atoms with Gasteiger partial charge in [0.2, 0.25) is 17.7 Å². The van der Waals surface area contributed by atoms with Gasteiger partial charge in [-0.05, 0) is 31.9 Å². The van der Waals surface area contributed by atoms with Crippen molar-refractivity contribution in [2.24, 2.45) is 0 Å². The van der Waals surface area contributed by atoms with Crippen LogP contribution in [0.15, 0.2) is 18.2 Å². The highest BCUT2D eigenvalue weighted by Crippen LogP contribution is 2.16. The first-order valence-corrected chi connectivity index (χ1v) is 8.37. The number of nitrogens with one attached hydrogen (secondary N) is 3. The van der Waals surface area contributed by atoms with Crippen LogP contribution in [0, 0.1) is 13.8 Å². The molecule has 0 saturated carbocycles. The normalized spacial score (nSPS) is 10.1. The molecule has 0 heterocycles. The summed E-state index contributed by atoms with van der Waals surface area (Å²) in [5, 5.41) is 2.79. The van der Waals surface area contributed by atoms with Gasteiger partial charge in [0.1, 0.15) is 0 Å². The molecule has 0 unspecified atom stereocenters. The number of rotatable bonds is 8. The molecule has 6 nitrogen and oxygen atoms in total. The second kappa shape index (κ2) is 10.4. The number of carbonyl (C=O) groups excluding carboxylic acids is 3. The lowest BCUT2D eigenvalue weighted by Crippen LogP contribution is -2.41. The van der Waals surface area contributed by atoms with Gasteiger partial charge in [-0.3, -0.25) is 25.2 Å². The van der Waals surface area contributed by atoms with Crippen molar-refractivity contribution in [2.75, 3.05) is 5.32 Å². The van der Waals surface area contributed by atoms with E-state index < -0.39 is 0 Å². The Labute approximate surface area is 143 Å². The molecule has 0 bridgehead atoms. The third kappa shape index (κ3) is 7.76. The van der Waals surface area contributed by atoms with Crippen LogP contribution in [0.2, 0.25) is 0 Å². The molecule has 0 fully saturated rings. The first kappa shape index (κ1) is 19.7. The molecule has 24 heavy (non-hydrogen) atoms. The van der Waals surface area contributed by atoms with Crippen molar-refractivity contribution >= 4 is 23.4 Å². The van der Waals surface area contributed by atoms with E-state index >= 15 is 0 Å². The van der Waals surface area contributed by atoms with Gasteiger partial charge < -0.3 is 5.32 Å². The number of carbonyl (C=O) groups is 3. The van der Waals surface area contributed by atoms with Crippen molar-refractivity contribution in [3.8, 4) is 0 Å². The van der Waals surface area contributed by atoms with E-state index in [1.807, 2.05) is 32.0 Å². The summed E-state index contributed by atoms with van der Waals surface area (Å²) in [6.07, 6.45) is 3.30. The quantitative estimate of drug-likeness (QED) is 0.505. The molecule has 1 aromatic carbocycles. The molecular formula is C18H27N3O3. The molecule has 1 aromatic rings. The van der Waals surface area contributed by atoms with Gasteiger partial charge in [0.25, 0.3) is 0 Å². The molecule has 3 N–H and O–H groups in total. The van der Waals surface area contributed by atoms with E-state index in [0.29, 0.717) is 6.42 Å². The Bertz CT molecular complexity index is 585. The fraction of sp³-hybridized carbons (Fsp3) is 0.500. The fourth-order valence-electron chi connectivity index (χ4n) is 2.19. The van der Waals surface area contributed by atoms with Gasteiger partial charge in [-0.15, -0.1) is 0 Å². The summed E-state index contributed by atoms with van der Waals surface area (Å²) in [4.78, 5) is 35.0. The maximum Gasteiger partial charge on any atom is 0.238 e. The lowest BCUT2D eigenvalue weighted by Gasteiger charge is -2.10. The smallest absolute Gasteiger partial charge is 0.238 e. The summed E-state index contributed by atoms with van der Waals surface area (Å²) in [6, 6.07) is 5.75. The number of hydrogen-bond acceptors (Lipinski definition) is 3. The van der Waals surface area contributed by atoms with Crippen LogP contribution in [0.1, 0.15) is 56.6 Å². The summed E-state index contributed by atoms with van der Waals surface area (Å²) in [7, 11) is 0. The van der Waals surface area contributed by atoms with Gasteiger partial charge in [-0.1, -0.05) is 37.5 Å². The number of hydrogen-bond donors (Lipinski definition) is 3. The fourth-order valence-corrected chi connectivity index (χ4v) is 2.19. The lowest BCUT2D eigenvalue weighted by molar-refractivity contribution is -0.129. The van der Waals surface area contributed by atoms with Gasteiger partial charge >= 0.3 is 0 Å². The summed E-state index contributed by atoms with van der Waals surface area (Å²) < 4.78 is 0. The van der Waals surface area contributed by atoms with Crippen LogP contribution in [0.4, 0.5) is 5.69 Å². The highest BCUT2D eigenvalue weighted by Gasteiger charge is 2.09. The summed E-state index contributed by atoms with van der Waals surface area (Å²) >= 11 is 0. The summed E-state index contributed by atoms with van der Waals surface area (Å²) in [6.45, 7) is 5.96. The SMILES string of the molecule is CCCCCC(=O)NNC(=O)CCC(=O)Nc1ccc(C)cc1C. The largest absolute Gasteiger partial charge is 0.326 e. The van der Waals surface area contributed by atoms with Crippen LogP contribution < -0.4 is 16.2 Å². The topological polar surface area (TPSA) is 87.3 Å². The Morgan fingerprint density at radius 3 is 2.12 bits per heavy atom. The molecular weight excluding hydrogens is 306 g/mol. The molecule has 0 aliphatic rings. The van der Waals surface area contributed by atoms with Crippen molar-refractivity contribution in [3.05, 3.63) is 29.3 Å². The number of amides is 3. The minimum absolute atomic E-state index is 0.0198. The van der Waals surface area contributed by atoms with E-state index in [0.717, 1.165) is 36.1 Å². The molecule has 1 rings (SSSR count). The Kier molecular flexibility index (Phi) is 8.54. The van der Waals surface area contributed by atoms with Crippen molar-refractivity contribution in [3.63, 3.8) is 0 Å². The average Bonchev–Trinajstić information content (AvgIpc) is 2.54. The number of hydrazine groups is 1. The first-order chi connectivity index (χ1) is 11.4. The van der Waals surface area contributed by atoms with Gasteiger partial charge in [0.05, 0.1) is 0 Å². The molecule has 0 radical (unpaired) electrons. The van der Waals surface area contributed by atoms with E-state index in [-0.39, 0.29) is 30.6 Å². The van der Waals surface area contributed by atoms with Gasteiger partial charge in [-0.25, -0.2) is 0 Å². The zero-order valence-corrected chi connectivity index (χ0v) is 14.7. The van der Waals surface area contributed by atoms with E-state index in [4.69, 9.17) is 0 Å². The maximum atomic E-state index is 11.9. The van der Waals surface area contributed by atoms with Gasteiger partial charge in [0.15, 0.2) is 0 Å². The van der Waals surface area contributed by atoms with Crippen LogP contribution in [0.25, 0.3) is 0 Å². The minimum Gasteiger partial charge on any atom is -0.326 e. The Balaban J connectivity index is 2.26. The van der Waals surface area contributed by atoms with Gasteiger partial charge in [0, 0.05) is 24.9 Å². The second-order valence-electron chi connectivity index (χ2n) is 5.92. The summed E-state index contributed by atoms with van der Waals surface area (Å²) in [5.74, 6) is -0.822. The number of aryl methyl sites for hydroxylation is 2. The lowest BCUT2D eigenvalue weighted by atomic mass is 10.1. The van der Waals surface area contributed by atoms with E-state index in [1.54, 1.807) is 0 Å². The number of benzene rings is 1. The minimum atomic E-state index is -0.380. The Morgan fingerprint density at radius 2 is 1.50 bits per heavy atom. The number of unbranched alkanes of at least 4 members (excludes halogenated alkanes) is 2. The molecule has 0 atom stereocenters. The van der Waals surface area contributed by atoms with Crippen LogP contribution >= 0.6 is 0 Å². The van der Waals surface area contributed by atoms with Crippen molar-refractivity contribution in [1.82, 2.24) is 10.9 Å². The molecule has 6 heteroatoms. The van der Waals surface area contributed by atoms with E-state index in [2.05, 4.69) is 23.1 Å². The Morgan fingerprint density at radius 1 is 0.875 bits per heavy atom. The van der Waals surface area contributed by atoms with Crippen LogP contribution in [0.3, 0.4) is 0 Å². The van der Waals surface area contributed by atoms with Crippen LogP contribution in [-0.4, -0.2) is 17.7 Å². The molecule has 0 aromatic heterocycles. The van der Waals surface area contributed by atoms with Crippen molar-refractivity contribution < 1.29 is 14.4 Å². The standard InChI is InChI=1S/C18H27N3O3/c1-4-5-6-7-17(23)20-21-18(24)11-10-16(22)19-15-9-8-13(2)12-14(15)3/h8-9,12H,4-7,10-11H2,1-3H3,(H,19,22)(H,20,23)(H,21,24). The Hall–Kier alpha value is -2.37. The van der Waals surface area contributed by atoms with Crippen molar-refractivity contribution in [2.45, 2.75) is 59.3 Å². The first-order valence-electron chi connectivity index (χ1n) is 8.37.